The summed E-state index contributed by atoms with van der Waals surface area (Å²) < 4.78 is 28.4. The van der Waals surface area contributed by atoms with Gasteiger partial charge in [0.2, 0.25) is 0 Å². The van der Waals surface area contributed by atoms with E-state index in [2.05, 4.69) is 4.84 Å². The van der Waals surface area contributed by atoms with Gasteiger partial charge in [0, 0.05) is 5.02 Å². The number of sulfonamides is 1. The highest BCUT2D eigenvalue weighted by molar-refractivity contribution is 7.89. The molecule has 0 atom stereocenters. The van der Waals surface area contributed by atoms with Crippen LogP contribution in [0.5, 0.6) is 5.75 Å². The van der Waals surface area contributed by atoms with Gasteiger partial charge in [-0.05, 0) is 12.1 Å². The van der Waals surface area contributed by atoms with Gasteiger partial charge in [0.25, 0.3) is 10.0 Å². The van der Waals surface area contributed by atoms with Crippen LogP contribution >= 0.6 is 11.6 Å². The van der Waals surface area contributed by atoms with Gasteiger partial charge in [0.1, 0.15) is 10.5 Å². The zero-order chi connectivity index (χ0) is 13.9. The largest absolute Gasteiger partial charge is 0.494 e. The Bertz CT molecular complexity index is 571. The quantitative estimate of drug-likeness (QED) is 0.782. The summed E-state index contributed by atoms with van der Waals surface area (Å²) in [6.07, 6.45) is 0. The third kappa shape index (κ3) is 2.91. The third-order valence-corrected chi connectivity index (χ3v) is 3.42. The Balaban J connectivity index is 3.58. The van der Waals surface area contributed by atoms with E-state index in [-0.39, 0.29) is 16.3 Å². The first-order valence-corrected chi connectivity index (χ1v) is 6.35. The number of carboxylic acids is 1. The first-order valence-electron chi connectivity index (χ1n) is 4.49. The van der Waals surface area contributed by atoms with Crippen molar-refractivity contribution >= 4 is 27.6 Å². The number of rotatable bonds is 5. The molecule has 0 heterocycles. The Morgan fingerprint density at radius 2 is 2.00 bits per heavy atom. The van der Waals surface area contributed by atoms with Gasteiger partial charge in [-0.3, -0.25) is 4.84 Å². The Hall–Kier alpha value is -1.35. The van der Waals surface area contributed by atoms with Crippen molar-refractivity contribution < 1.29 is 27.9 Å². The molecule has 7 nitrogen and oxygen atoms in total. The molecular formula is C9H10ClNO6S. The summed E-state index contributed by atoms with van der Waals surface area (Å²) in [5, 5.41) is 8.90. The zero-order valence-corrected chi connectivity index (χ0v) is 11.0. The van der Waals surface area contributed by atoms with E-state index in [0.29, 0.717) is 0 Å². The lowest BCUT2D eigenvalue weighted by atomic mass is 10.2. The minimum Gasteiger partial charge on any atom is -0.494 e. The van der Waals surface area contributed by atoms with Crippen LogP contribution in [0.2, 0.25) is 5.02 Å². The molecule has 0 aromatic heterocycles. The van der Waals surface area contributed by atoms with Crippen molar-refractivity contribution in [2.45, 2.75) is 4.90 Å². The highest BCUT2D eigenvalue weighted by Crippen LogP contribution is 2.31. The number of methoxy groups -OCH3 is 1. The van der Waals surface area contributed by atoms with Crippen LogP contribution in [0.15, 0.2) is 17.0 Å². The van der Waals surface area contributed by atoms with Crippen molar-refractivity contribution in [3.63, 3.8) is 0 Å². The maximum atomic E-state index is 11.8. The van der Waals surface area contributed by atoms with Gasteiger partial charge >= 0.3 is 5.97 Å². The number of hydrogen-bond donors (Lipinski definition) is 2. The number of benzene rings is 1. The molecule has 9 heteroatoms. The van der Waals surface area contributed by atoms with Crippen molar-refractivity contribution in [1.82, 2.24) is 4.89 Å². The maximum Gasteiger partial charge on any atom is 0.339 e. The molecule has 1 rings (SSSR count). The average molecular weight is 296 g/mol. The molecule has 0 amide bonds. The van der Waals surface area contributed by atoms with Crippen LogP contribution in [0.3, 0.4) is 0 Å². The smallest absolute Gasteiger partial charge is 0.339 e. The molecule has 0 radical (unpaired) electrons. The summed E-state index contributed by atoms with van der Waals surface area (Å²) in [6, 6.07) is 2.16. The van der Waals surface area contributed by atoms with Crippen LogP contribution in [0.1, 0.15) is 10.4 Å². The molecule has 18 heavy (non-hydrogen) atoms. The van der Waals surface area contributed by atoms with Gasteiger partial charge in [0.05, 0.1) is 14.2 Å². The molecule has 2 N–H and O–H groups in total. The molecule has 1 aromatic rings. The fraction of sp³-hybridized carbons (Fsp3) is 0.222. The van der Waals surface area contributed by atoms with Crippen molar-refractivity contribution in [1.29, 1.82) is 0 Å². The minimum absolute atomic E-state index is 0.0512. The van der Waals surface area contributed by atoms with Crippen LogP contribution in [0, 0.1) is 0 Å². The summed E-state index contributed by atoms with van der Waals surface area (Å²) in [5.74, 6) is -1.68. The molecule has 0 bridgehead atoms. The van der Waals surface area contributed by atoms with E-state index in [4.69, 9.17) is 21.4 Å². The fourth-order valence-corrected chi connectivity index (χ4v) is 2.60. The maximum absolute atomic E-state index is 11.8. The molecule has 100 valence electrons. The predicted molar refractivity (Wildman–Crippen MR) is 62.3 cm³/mol. The number of halogens is 1. The molecule has 0 aliphatic rings. The van der Waals surface area contributed by atoms with Gasteiger partial charge in [-0.25, -0.2) is 13.2 Å². The minimum atomic E-state index is -4.08. The first-order chi connectivity index (χ1) is 8.33. The Morgan fingerprint density at radius 3 is 2.44 bits per heavy atom. The van der Waals surface area contributed by atoms with Crippen LogP contribution < -0.4 is 9.62 Å². The Kier molecular flexibility index (Phi) is 4.52. The van der Waals surface area contributed by atoms with Crippen LogP contribution in [-0.2, 0) is 14.9 Å². The van der Waals surface area contributed by atoms with Crippen molar-refractivity contribution in [2.75, 3.05) is 14.2 Å². The zero-order valence-electron chi connectivity index (χ0n) is 9.43. The molecule has 0 fully saturated rings. The van der Waals surface area contributed by atoms with E-state index in [1.807, 2.05) is 0 Å². The molecule has 0 saturated heterocycles. The second-order valence-electron chi connectivity index (χ2n) is 3.08. The fourth-order valence-electron chi connectivity index (χ4n) is 1.29. The highest BCUT2D eigenvalue weighted by Gasteiger charge is 2.25. The van der Waals surface area contributed by atoms with E-state index in [9.17, 15) is 13.2 Å². The van der Waals surface area contributed by atoms with E-state index in [1.54, 1.807) is 4.89 Å². The standard InChI is InChI=1S/C9H10ClNO6S/c1-16-8-6(9(12)13)3-5(10)4-7(8)18(14,15)11-17-2/h3-4,11H,1-2H3,(H,12,13). The lowest BCUT2D eigenvalue weighted by Gasteiger charge is -2.12. The van der Waals surface area contributed by atoms with Gasteiger partial charge in [-0.1, -0.05) is 16.5 Å². The Morgan fingerprint density at radius 1 is 1.39 bits per heavy atom. The number of hydrogen-bond acceptors (Lipinski definition) is 5. The van der Waals surface area contributed by atoms with Crippen LogP contribution in [0.4, 0.5) is 0 Å². The lowest BCUT2D eigenvalue weighted by molar-refractivity contribution is 0.0692. The SMILES string of the molecule is CONS(=O)(=O)c1cc(Cl)cc(C(=O)O)c1OC. The third-order valence-electron chi connectivity index (χ3n) is 1.94. The highest BCUT2D eigenvalue weighted by atomic mass is 35.5. The van der Waals surface area contributed by atoms with Crippen molar-refractivity contribution in [2.24, 2.45) is 0 Å². The summed E-state index contributed by atoms with van der Waals surface area (Å²) in [4.78, 5) is 16.6. The molecule has 0 spiro atoms. The number of carbonyl (C=O) groups is 1. The first kappa shape index (κ1) is 14.7. The topological polar surface area (TPSA) is 102 Å². The van der Waals surface area contributed by atoms with Crippen LogP contribution in [0.25, 0.3) is 0 Å². The van der Waals surface area contributed by atoms with Gasteiger partial charge < -0.3 is 9.84 Å². The number of aromatic carboxylic acids is 1. The second-order valence-corrected chi connectivity index (χ2v) is 5.13. The molecule has 1 aromatic carbocycles. The number of carboxylic acid groups (broad SMARTS) is 1. The summed E-state index contributed by atoms with van der Waals surface area (Å²) in [5.41, 5.74) is -0.360. The average Bonchev–Trinajstić information content (AvgIpc) is 2.27. The number of nitrogens with one attached hydrogen (secondary N) is 1. The summed E-state index contributed by atoms with van der Waals surface area (Å²) >= 11 is 5.68. The van der Waals surface area contributed by atoms with E-state index in [1.165, 1.54) is 0 Å². The summed E-state index contributed by atoms with van der Waals surface area (Å²) in [7, 11) is -1.82. The molecule has 0 saturated carbocycles. The van der Waals surface area contributed by atoms with Gasteiger partial charge in [0.15, 0.2) is 5.75 Å². The molecular weight excluding hydrogens is 286 g/mol. The monoisotopic (exact) mass is 295 g/mol. The molecule has 0 aliphatic heterocycles. The van der Waals surface area contributed by atoms with E-state index >= 15 is 0 Å². The predicted octanol–water partition coefficient (Wildman–Crippen LogP) is 0.887. The number of ether oxygens (including phenoxy) is 1. The van der Waals surface area contributed by atoms with Gasteiger partial charge in [-0.2, -0.15) is 0 Å². The normalized spacial score (nSPS) is 11.3. The summed E-state index contributed by atoms with van der Waals surface area (Å²) in [6.45, 7) is 0. The van der Waals surface area contributed by atoms with E-state index in [0.717, 1.165) is 26.4 Å². The van der Waals surface area contributed by atoms with Crippen LogP contribution in [-0.4, -0.2) is 33.7 Å². The van der Waals surface area contributed by atoms with E-state index < -0.39 is 20.9 Å². The van der Waals surface area contributed by atoms with Gasteiger partial charge in [-0.15, -0.1) is 0 Å². The lowest BCUT2D eigenvalue weighted by Crippen LogP contribution is -2.23. The van der Waals surface area contributed by atoms with Crippen molar-refractivity contribution in [3.8, 4) is 5.75 Å². The molecule has 0 unspecified atom stereocenters. The van der Waals surface area contributed by atoms with Crippen molar-refractivity contribution in [3.05, 3.63) is 22.7 Å². The molecule has 0 aliphatic carbocycles. The second kappa shape index (κ2) is 5.53. The Labute approximate surface area is 108 Å².